The van der Waals surface area contributed by atoms with Crippen LogP contribution in [-0.2, 0) is 11.2 Å². The maximum absolute atomic E-state index is 12.9. The van der Waals surface area contributed by atoms with Gasteiger partial charge < -0.3 is 19.5 Å². The lowest BCUT2D eigenvalue weighted by Gasteiger charge is -2.42. The van der Waals surface area contributed by atoms with Crippen molar-refractivity contribution in [3.05, 3.63) is 59.3 Å². The van der Waals surface area contributed by atoms with E-state index in [1.807, 2.05) is 31.2 Å². The second-order valence-corrected chi connectivity index (χ2v) is 6.67. The summed E-state index contributed by atoms with van der Waals surface area (Å²) < 4.78 is 11.0. The monoisotopic (exact) mass is 356 g/mol. The number of aromatic nitrogens is 1. The predicted octanol–water partition coefficient (Wildman–Crippen LogP) is 1.84. The summed E-state index contributed by atoms with van der Waals surface area (Å²) in [5.74, 6) is 0.285. The van der Waals surface area contributed by atoms with Gasteiger partial charge in [-0.15, -0.1) is 0 Å². The number of aryl methyl sites for hydroxylation is 1. The maximum Gasteiger partial charge on any atom is 0.254 e. The lowest BCUT2D eigenvalue weighted by atomic mass is 9.92. The zero-order valence-electron chi connectivity index (χ0n) is 15.1. The molecule has 1 atom stereocenters. The molecule has 6 nitrogen and oxygen atoms in total. The molecule has 138 valence electrons. The van der Waals surface area contributed by atoms with E-state index in [0.29, 0.717) is 37.6 Å². The third-order valence-electron chi connectivity index (χ3n) is 4.66. The molecule has 1 fully saturated rings. The summed E-state index contributed by atoms with van der Waals surface area (Å²) in [7, 11) is 1.52. The van der Waals surface area contributed by atoms with Crippen LogP contribution in [0.2, 0.25) is 0 Å². The number of aliphatic hydroxyl groups is 1. The number of benzene rings is 1. The molecule has 0 radical (unpaired) electrons. The van der Waals surface area contributed by atoms with Crippen LogP contribution in [0.1, 0.15) is 21.5 Å². The first-order chi connectivity index (χ1) is 12.5. The van der Waals surface area contributed by atoms with Gasteiger partial charge in [-0.05, 0) is 18.6 Å². The Hall–Kier alpha value is -2.44. The van der Waals surface area contributed by atoms with Gasteiger partial charge in [0.25, 0.3) is 5.91 Å². The quantitative estimate of drug-likeness (QED) is 0.885. The van der Waals surface area contributed by atoms with Gasteiger partial charge >= 0.3 is 0 Å². The highest BCUT2D eigenvalue weighted by Crippen LogP contribution is 2.25. The van der Waals surface area contributed by atoms with E-state index in [1.165, 1.54) is 12.7 Å². The molecule has 26 heavy (non-hydrogen) atoms. The minimum absolute atomic E-state index is 0.115. The molecule has 0 bridgehead atoms. The third-order valence-corrected chi connectivity index (χ3v) is 4.66. The third kappa shape index (κ3) is 4.03. The van der Waals surface area contributed by atoms with Crippen LogP contribution in [0.3, 0.4) is 0 Å². The molecule has 6 heteroatoms. The first-order valence-electron chi connectivity index (χ1n) is 8.65. The van der Waals surface area contributed by atoms with Crippen molar-refractivity contribution in [1.29, 1.82) is 0 Å². The molecule has 2 aromatic rings. The number of rotatable bonds is 5. The Balaban J connectivity index is 1.77. The average Bonchev–Trinajstić information content (AvgIpc) is 2.69. The van der Waals surface area contributed by atoms with Gasteiger partial charge in [-0.1, -0.05) is 29.8 Å². The Morgan fingerprint density at radius 1 is 1.35 bits per heavy atom. The fourth-order valence-electron chi connectivity index (χ4n) is 3.19. The first kappa shape index (κ1) is 18.4. The number of amides is 1. The number of aliphatic hydroxyl groups excluding tert-OH is 1. The normalized spacial score (nSPS) is 20.0. The second-order valence-electron chi connectivity index (χ2n) is 6.67. The topological polar surface area (TPSA) is 71.9 Å². The number of nitrogens with zero attached hydrogens (tertiary/aromatic N) is 2. The molecule has 2 heterocycles. The zero-order valence-corrected chi connectivity index (χ0v) is 15.1. The Labute approximate surface area is 153 Å². The number of morpholine rings is 1. The number of pyridine rings is 1. The summed E-state index contributed by atoms with van der Waals surface area (Å²) in [6.45, 7) is 3.09. The first-order valence-corrected chi connectivity index (χ1v) is 8.65. The summed E-state index contributed by atoms with van der Waals surface area (Å²) in [6, 6.07) is 11.4. The number of ether oxygens (including phenoxy) is 2. The van der Waals surface area contributed by atoms with Crippen molar-refractivity contribution in [3.8, 4) is 5.88 Å². The van der Waals surface area contributed by atoms with Crippen molar-refractivity contribution in [2.24, 2.45) is 0 Å². The molecule has 1 aliphatic rings. The lowest BCUT2D eigenvalue weighted by molar-refractivity contribution is -0.123. The van der Waals surface area contributed by atoms with E-state index in [2.05, 4.69) is 4.98 Å². The number of hydrogen-bond donors (Lipinski definition) is 1. The Morgan fingerprint density at radius 2 is 2.12 bits per heavy atom. The second kappa shape index (κ2) is 7.85. The van der Waals surface area contributed by atoms with E-state index in [4.69, 9.17) is 9.47 Å². The highest BCUT2D eigenvalue weighted by atomic mass is 16.5. The Bertz CT molecular complexity index is 763. The van der Waals surface area contributed by atoms with Gasteiger partial charge in [-0.25, -0.2) is 4.98 Å². The molecular formula is C20H24N2O4. The molecule has 1 aromatic carbocycles. The van der Waals surface area contributed by atoms with Gasteiger partial charge in [0, 0.05) is 30.8 Å². The number of methoxy groups -OCH3 is 1. The van der Waals surface area contributed by atoms with Crippen LogP contribution in [0.25, 0.3) is 0 Å². The van der Waals surface area contributed by atoms with E-state index in [1.54, 1.807) is 23.2 Å². The number of hydrogen-bond acceptors (Lipinski definition) is 5. The van der Waals surface area contributed by atoms with Crippen molar-refractivity contribution in [2.45, 2.75) is 18.9 Å². The number of carbonyl (C=O) groups is 1. The summed E-state index contributed by atoms with van der Waals surface area (Å²) in [5, 5.41) is 10.0. The molecule has 0 spiro atoms. The molecule has 1 aromatic heterocycles. The number of carbonyl (C=O) groups excluding carboxylic acids is 1. The fraction of sp³-hybridized carbons (Fsp3) is 0.400. The molecular weight excluding hydrogens is 332 g/mol. The summed E-state index contributed by atoms with van der Waals surface area (Å²) in [5.41, 5.74) is 1.98. The van der Waals surface area contributed by atoms with Crippen LogP contribution >= 0.6 is 0 Å². The summed E-state index contributed by atoms with van der Waals surface area (Å²) in [4.78, 5) is 18.6. The van der Waals surface area contributed by atoms with Crippen LogP contribution < -0.4 is 4.74 Å². The van der Waals surface area contributed by atoms with E-state index in [0.717, 1.165) is 5.56 Å². The van der Waals surface area contributed by atoms with E-state index >= 15 is 0 Å². The molecule has 0 unspecified atom stereocenters. The predicted molar refractivity (Wildman–Crippen MR) is 97.3 cm³/mol. The van der Waals surface area contributed by atoms with Gasteiger partial charge in [-0.3, -0.25) is 4.79 Å². The summed E-state index contributed by atoms with van der Waals surface area (Å²) >= 11 is 0. The molecule has 1 aliphatic heterocycles. The molecule has 0 aliphatic carbocycles. The van der Waals surface area contributed by atoms with Gasteiger partial charge in [0.15, 0.2) is 0 Å². The average molecular weight is 356 g/mol. The molecule has 1 saturated heterocycles. The SMILES string of the molecule is COc1cc(C(=O)N2CCO[C@](CO)(Cc3ccc(C)cc3)C2)ccn1. The molecule has 0 saturated carbocycles. The van der Waals surface area contributed by atoms with Crippen LogP contribution in [0.15, 0.2) is 42.6 Å². The van der Waals surface area contributed by atoms with Crippen LogP contribution in [-0.4, -0.2) is 59.9 Å². The molecule has 1 amide bonds. The lowest BCUT2D eigenvalue weighted by Crippen LogP contribution is -2.56. The molecule has 1 N–H and O–H groups in total. The minimum Gasteiger partial charge on any atom is -0.481 e. The Kier molecular flexibility index (Phi) is 5.54. The van der Waals surface area contributed by atoms with Crippen LogP contribution in [0.4, 0.5) is 0 Å². The summed E-state index contributed by atoms with van der Waals surface area (Å²) in [6.07, 6.45) is 2.10. The van der Waals surface area contributed by atoms with Gasteiger partial charge in [-0.2, -0.15) is 0 Å². The van der Waals surface area contributed by atoms with Crippen molar-refractivity contribution in [2.75, 3.05) is 33.4 Å². The van der Waals surface area contributed by atoms with Crippen molar-refractivity contribution < 1.29 is 19.4 Å². The largest absolute Gasteiger partial charge is 0.481 e. The maximum atomic E-state index is 12.9. The highest BCUT2D eigenvalue weighted by Gasteiger charge is 2.38. The van der Waals surface area contributed by atoms with Crippen LogP contribution in [0, 0.1) is 6.92 Å². The minimum atomic E-state index is -0.791. The Morgan fingerprint density at radius 3 is 2.81 bits per heavy atom. The van der Waals surface area contributed by atoms with Crippen molar-refractivity contribution in [1.82, 2.24) is 9.88 Å². The standard InChI is InChI=1S/C20H24N2O4/c1-15-3-5-16(6-4-15)12-20(14-23)13-22(9-10-26-20)19(24)17-7-8-21-18(11-17)25-2/h3-8,11,23H,9-10,12-14H2,1-2H3/t20-/m1/s1. The molecule has 3 rings (SSSR count). The van der Waals surface area contributed by atoms with Gasteiger partial charge in [0.05, 0.1) is 26.9 Å². The van der Waals surface area contributed by atoms with E-state index < -0.39 is 5.60 Å². The van der Waals surface area contributed by atoms with Gasteiger partial charge in [0.1, 0.15) is 5.60 Å². The van der Waals surface area contributed by atoms with Crippen LogP contribution in [0.5, 0.6) is 5.88 Å². The smallest absolute Gasteiger partial charge is 0.254 e. The fourth-order valence-corrected chi connectivity index (χ4v) is 3.19. The van der Waals surface area contributed by atoms with Crippen molar-refractivity contribution >= 4 is 5.91 Å². The van der Waals surface area contributed by atoms with E-state index in [9.17, 15) is 9.90 Å². The zero-order chi connectivity index (χ0) is 18.6. The van der Waals surface area contributed by atoms with Gasteiger partial charge in [0.2, 0.25) is 5.88 Å². The highest BCUT2D eigenvalue weighted by molar-refractivity contribution is 5.94. The van der Waals surface area contributed by atoms with Crippen molar-refractivity contribution in [3.63, 3.8) is 0 Å². The van der Waals surface area contributed by atoms with E-state index in [-0.39, 0.29) is 12.5 Å².